The summed E-state index contributed by atoms with van der Waals surface area (Å²) in [6, 6.07) is 8.84. The van der Waals surface area contributed by atoms with E-state index in [0.717, 1.165) is 5.56 Å². The van der Waals surface area contributed by atoms with Crippen molar-refractivity contribution in [2.75, 3.05) is 18.6 Å². The van der Waals surface area contributed by atoms with Crippen molar-refractivity contribution in [1.29, 1.82) is 0 Å². The highest BCUT2D eigenvalue weighted by Crippen LogP contribution is 2.24. The number of nitrogens with two attached hydrogens (primary N) is 1. The average molecular weight is 296 g/mol. The molecular weight excluding hydrogens is 276 g/mol. The number of carbonyl (C=O) groups excluding carboxylic acids is 1. The molecule has 0 aliphatic carbocycles. The van der Waals surface area contributed by atoms with Crippen molar-refractivity contribution in [3.63, 3.8) is 0 Å². The van der Waals surface area contributed by atoms with Crippen molar-refractivity contribution in [1.82, 2.24) is 4.90 Å². The Balaban J connectivity index is 2.19. The largest absolute Gasteiger partial charge is 0.340 e. The summed E-state index contributed by atoms with van der Waals surface area (Å²) >= 11 is 0. The maximum absolute atomic E-state index is 12.6. The van der Waals surface area contributed by atoms with Crippen molar-refractivity contribution in [2.45, 2.75) is 24.9 Å². The topological polar surface area (TPSA) is 80.5 Å². The van der Waals surface area contributed by atoms with Crippen molar-refractivity contribution < 1.29 is 13.2 Å². The molecule has 1 saturated heterocycles. The van der Waals surface area contributed by atoms with Crippen LogP contribution in [-0.4, -0.2) is 43.8 Å². The van der Waals surface area contributed by atoms with E-state index >= 15 is 0 Å². The second-order valence-electron chi connectivity index (χ2n) is 5.54. The molecule has 1 heterocycles. The Kier molecular flexibility index (Phi) is 3.88. The van der Waals surface area contributed by atoms with Gasteiger partial charge < -0.3 is 10.6 Å². The molecule has 20 heavy (non-hydrogen) atoms. The van der Waals surface area contributed by atoms with E-state index in [1.54, 1.807) is 26.1 Å². The van der Waals surface area contributed by atoms with Gasteiger partial charge in [0.1, 0.15) is 5.54 Å². The monoisotopic (exact) mass is 296 g/mol. The molecule has 5 nitrogen and oxygen atoms in total. The Labute approximate surface area is 119 Å². The summed E-state index contributed by atoms with van der Waals surface area (Å²) in [6.07, 6.45) is 0.482. The average Bonchev–Trinajstić information content (AvgIpc) is 2.78. The number of likely N-dealkylation sites (N-methyl/N-ethyl adjacent to an activating group) is 1. The van der Waals surface area contributed by atoms with Crippen LogP contribution in [0, 0.1) is 0 Å². The minimum Gasteiger partial charge on any atom is -0.340 e. The van der Waals surface area contributed by atoms with Crippen molar-refractivity contribution in [2.24, 2.45) is 5.73 Å². The molecule has 1 aliphatic heterocycles. The van der Waals surface area contributed by atoms with Crippen molar-refractivity contribution in [3.8, 4) is 0 Å². The summed E-state index contributed by atoms with van der Waals surface area (Å²) in [5.74, 6) is -0.0898. The number of nitrogens with zero attached hydrogens (tertiary/aromatic N) is 1. The Morgan fingerprint density at radius 2 is 1.95 bits per heavy atom. The van der Waals surface area contributed by atoms with E-state index in [-0.39, 0.29) is 23.5 Å². The number of hydrogen-bond donors (Lipinski definition) is 1. The number of sulfone groups is 1. The minimum absolute atomic E-state index is 0.0279. The number of rotatable bonds is 3. The van der Waals surface area contributed by atoms with E-state index in [4.69, 9.17) is 5.73 Å². The molecule has 1 aromatic rings. The summed E-state index contributed by atoms with van der Waals surface area (Å²) in [5.41, 5.74) is 5.75. The Hall–Kier alpha value is -1.40. The first-order valence-corrected chi connectivity index (χ1v) is 8.38. The zero-order valence-corrected chi connectivity index (χ0v) is 12.6. The van der Waals surface area contributed by atoms with Gasteiger partial charge in [0.15, 0.2) is 9.84 Å². The van der Waals surface area contributed by atoms with Gasteiger partial charge in [-0.3, -0.25) is 4.79 Å². The van der Waals surface area contributed by atoms with E-state index in [9.17, 15) is 13.2 Å². The number of carbonyl (C=O) groups is 1. The van der Waals surface area contributed by atoms with Crippen LogP contribution in [-0.2, 0) is 20.2 Å². The molecular formula is C14H20N2O3S. The van der Waals surface area contributed by atoms with Gasteiger partial charge in [-0.05, 0) is 18.9 Å². The van der Waals surface area contributed by atoms with Crippen LogP contribution in [0.4, 0.5) is 0 Å². The van der Waals surface area contributed by atoms with Gasteiger partial charge in [-0.2, -0.15) is 0 Å². The third kappa shape index (κ3) is 2.86. The first kappa shape index (κ1) is 15.0. The zero-order chi connectivity index (χ0) is 15.0. The Morgan fingerprint density at radius 1 is 1.35 bits per heavy atom. The Morgan fingerprint density at radius 3 is 2.45 bits per heavy atom. The predicted molar refractivity (Wildman–Crippen MR) is 77.8 cm³/mol. The maximum atomic E-state index is 12.6. The fourth-order valence-electron chi connectivity index (χ4n) is 2.52. The molecule has 0 aromatic heterocycles. The highest BCUT2D eigenvalue weighted by Gasteiger charge is 2.39. The molecule has 1 amide bonds. The molecule has 0 bridgehead atoms. The van der Waals surface area contributed by atoms with E-state index < -0.39 is 15.4 Å². The molecule has 110 valence electrons. The van der Waals surface area contributed by atoms with E-state index in [1.807, 2.05) is 18.2 Å². The second-order valence-corrected chi connectivity index (χ2v) is 7.77. The number of hydrogen-bond acceptors (Lipinski definition) is 4. The van der Waals surface area contributed by atoms with Gasteiger partial charge in [-0.25, -0.2) is 8.42 Å². The molecule has 1 fully saturated rings. The lowest BCUT2D eigenvalue weighted by Crippen LogP contribution is -2.52. The molecule has 0 radical (unpaired) electrons. The van der Waals surface area contributed by atoms with E-state index in [1.165, 1.54) is 4.90 Å². The minimum atomic E-state index is -3.02. The maximum Gasteiger partial charge on any atom is 0.246 e. The van der Waals surface area contributed by atoms with Gasteiger partial charge in [0.05, 0.1) is 11.5 Å². The number of amides is 1. The molecule has 2 atom stereocenters. The summed E-state index contributed by atoms with van der Waals surface area (Å²) < 4.78 is 23.0. The normalized spacial score (nSPS) is 24.1. The Bertz CT molecular complexity index is 596. The standard InChI is InChI=1S/C14H20N2O3S/c1-14(15,11-6-4-3-5-7-11)13(17)16(2)12-8-9-20(18,19)10-12/h3-7,12H,8-10,15H2,1-2H3. The third-order valence-corrected chi connectivity index (χ3v) is 5.64. The molecule has 1 aromatic carbocycles. The third-order valence-electron chi connectivity index (χ3n) is 3.89. The van der Waals surface area contributed by atoms with Crippen LogP contribution in [0.15, 0.2) is 30.3 Å². The van der Waals surface area contributed by atoms with Gasteiger partial charge in [-0.1, -0.05) is 30.3 Å². The van der Waals surface area contributed by atoms with Crippen LogP contribution in [0.2, 0.25) is 0 Å². The van der Waals surface area contributed by atoms with Gasteiger partial charge in [0.2, 0.25) is 5.91 Å². The predicted octanol–water partition coefficient (Wildman–Crippen LogP) is 0.506. The SMILES string of the molecule is CN(C(=O)C(C)(N)c1ccccc1)C1CCS(=O)(=O)C1. The lowest BCUT2D eigenvalue weighted by atomic mass is 9.91. The van der Waals surface area contributed by atoms with E-state index in [2.05, 4.69) is 0 Å². The molecule has 6 heteroatoms. The lowest BCUT2D eigenvalue weighted by molar-refractivity contribution is -0.137. The summed E-state index contributed by atoms with van der Waals surface area (Å²) in [5, 5.41) is 0. The fraction of sp³-hybridized carbons (Fsp3) is 0.500. The van der Waals surface area contributed by atoms with Crippen LogP contribution in [0.3, 0.4) is 0 Å². The van der Waals surface area contributed by atoms with Gasteiger partial charge in [0, 0.05) is 13.1 Å². The number of benzene rings is 1. The quantitative estimate of drug-likeness (QED) is 0.881. The van der Waals surface area contributed by atoms with Crippen LogP contribution >= 0.6 is 0 Å². The molecule has 1 aliphatic rings. The highest BCUT2D eigenvalue weighted by atomic mass is 32.2. The fourth-order valence-corrected chi connectivity index (χ4v) is 4.30. The van der Waals surface area contributed by atoms with Crippen LogP contribution in [0.25, 0.3) is 0 Å². The highest BCUT2D eigenvalue weighted by molar-refractivity contribution is 7.91. The summed E-state index contributed by atoms with van der Waals surface area (Å²) in [7, 11) is -1.39. The molecule has 0 spiro atoms. The van der Waals surface area contributed by atoms with Gasteiger partial charge >= 0.3 is 0 Å². The summed E-state index contributed by atoms with van der Waals surface area (Å²) in [4.78, 5) is 14.1. The molecule has 2 rings (SSSR count). The summed E-state index contributed by atoms with van der Waals surface area (Å²) in [6.45, 7) is 1.66. The van der Waals surface area contributed by atoms with E-state index in [0.29, 0.717) is 6.42 Å². The second kappa shape index (κ2) is 5.18. The first-order valence-electron chi connectivity index (χ1n) is 6.56. The van der Waals surface area contributed by atoms with Gasteiger partial charge in [0.25, 0.3) is 0 Å². The van der Waals surface area contributed by atoms with Crippen molar-refractivity contribution >= 4 is 15.7 Å². The van der Waals surface area contributed by atoms with Crippen molar-refractivity contribution in [3.05, 3.63) is 35.9 Å². The van der Waals surface area contributed by atoms with Crippen LogP contribution in [0.1, 0.15) is 18.9 Å². The molecule has 2 N–H and O–H groups in total. The zero-order valence-electron chi connectivity index (χ0n) is 11.7. The molecule has 0 saturated carbocycles. The van der Waals surface area contributed by atoms with Crippen LogP contribution in [0.5, 0.6) is 0 Å². The van der Waals surface area contributed by atoms with Gasteiger partial charge in [-0.15, -0.1) is 0 Å². The first-order chi connectivity index (χ1) is 9.24. The van der Waals surface area contributed by atoms with Crippen LogP contribution < -0.4 is 5.73 Å². The lowest BCUT2D eigenvalue weighted by Gasteiger charge is -2.32. The smallest absolute Gasteiger partial charge is 0.246 e. The molecule has 2 unspecified atom stereocenters.